The monoisotopic (exact) mass is 311 g/mol. The zero-order chi connectivity index (χ0) is 24.1. The van der Waals surface area contributed by atoms with Crippen LogP contribution in [0.5, 0.6) is 0 Å². The smallest absolute Gasteiger partial charge is 0.201 e. The maximum atomic E-state index is 8.07. The van der Waals surface area contributed by atoms with Gasteiger partial charge in [-0.3, -0.25) is 0 Å². The Kier molecular flexibility index (Phi) is 2.07. The van der Waals surface area contributed by atoms with Crippen LogP contribution in [0.2, 0.25) is 0 Å². The molecule has 1 heterocycles. The number of rotatable bonds is 2. The molecule has 1 heteroatoms. The summed E-state index contributed by atoms with van der Waals surface area (Å²) in [6.45, 7) is -5.83. The normalized spacial score (nSPS) is 18.3. The second kappa shape index (κ2) is 6.00. The van der Waals surface area contributed by atoms with Gasteiger partial charge in [-0.1, -0.05) is 36.4 Å². The van der Waals surface area contributed by atoms with Gasteiger partial charge in [0.15, 0.2) is 6.20 Å². The molecule has 0 unspecified atom stereocenters. The van der Waals surface area contributed by atoms with Gasteiger partial charge in [-0.05, 0) is 61.4 Å². The number of benzene rings is 2. The minimum atomic E-state index is -2.64. The van der Waals surface area contributed by atoms with Crippen LogP contribution in [0.3, 0.4) is 0 Å². The maximum Gasteiger partial charge on any atom is 0.212 e. The molecule has 3 rings (SSSR count). The molecule has 116 valence electrons. The molecule has 3 aromatic rings. The summed E-state index contributed by atoms with van der Waals surface area (Å²) >= 11 is 0. The minimum Gasteiger partial charge on any atom is -0.201 e. The van der Waals surface area contributed by atoms with Gasteiger partial charge >= 0.3 is 0 Å². The van der Waals surface area contributed by atoms with Crippen LogP contribution < -0.4 is 4.57 Å². The van der Waals surface area contributed by atoms with Crippen LogP contribution in [0.15, 0.2) is 54.7 Å². The Labute approximate surface area is 151 Å². The molecule has 23 heavy (non-hydrogen) atoms. The number of hydrogen-bond acceptors (Lipinski definition) is 0. The van der Waals surface area contributed by atoms with Gasteiger partial charge in [0.05, 0.1) is 0 Å². The van der Waals surface area contributed by atoms with E-state index in [9.17, 15) is 0 Å². The highest BCUT2D eigenvalue weighted by molar-refractivity contribution is 5.74. The molecule has 2 aromatic carbocycles. The predicted octanol–water partition coefficient (Wildman–Crippen LogP) is 5.08. The van der Waals surface area contributed by atoms with E-state index in [0.29, 0.717) is 16.8 Å². The quantitative estimate of drug-likeness (QED) is 0.581. The molecule has 0 atom stereocenters. The standard InChI is InChI=1S/C22H24N/c1-15-13-22(23(5)14-18(15)4)21-12-16(2)20(11-17(21)3)19-9-7-6-8-10-19/h6-14H,1-5H3/q+1/i1D3,2D3,4D3. The van der Waals surface area contributed by atoms with E-state index in [0.717, 1.165) is 11.1 Å². The van der Waals surface area contributed by atoms with Crippen LogP contribution in [0.25, 0.3) is 22.4 Å². The van der Waals surface area contributed by atoms with Gasteiger partial charge in [0.25, 0.3) is 0 Å². The summed E-state index contributed by atoms with van der Waals surface area (Å²) in [4.78, 5) is 0. The van der Waals surface area contributed by atoms with Crippen LogP contribution in [-0.2, 0) is 7.05 Å². The fraction of sp³-hybridized carbons (Fsp3) is 0.227. The Balaban J connectivity index is 2.34. The van der Waals surface area contributed by atoms with E-state index in [1.54, 1.807) is 19.2 Å². The highest BCUT2D eigenvalue weighted by Gasteiger charge is 2.16. The summed E-state index contributed by atoms with van der Waals surface area (Å²) in [5, 5.41) is 0. The van der Waals surface area contributed by atoms with Crippen molar-refractivity contribution in [1.82, 2.24) is 0 Å². The Morgan fingerprint density at radius 1 is 0.783 bits per heavy atom. The molecule has 1 aromatic heterocycles. The van der Waals surface area contributed by atoms with Crippen molar-refractivity contribution in [3.8, 4) is 22.4 Å². The SMILES string of the molecule is [2H]C([2H])([2H])c1cc(-c2cc(C([2H])([2H])[2H])c(C([2H])([2H])[2H])c[n+]2C)c(C)cc1-c1ccccc1. The van der Waals surface area contributed by atoms with Crippen molar-refractivity contribution in [2.24, 2.45) is 7.05 Å². The summed E-state index contributed by atoms with van der Waals surface area (Å²) in [7, 11) is 1.62. The highest BCUT2D eigenvalue weighted by Crippen LogP contribution is 2.30. The molecule has 0 amide bonds. The fourth-order valence-electron chi connectivity index (χ4n) is 2.76. The molecule has 0 aliphatic heterocycles. The number of hydrogen-bond donors (Lipinski definition) is 0. The van der Waals surface area contributed by atoms with E-state index >= 15 is 0 Å². The van der Waals surface area contributed by atoms with Crippen molar-refractivity contribution in [3.05, 3.63) is 77.0 Å². The van der Waals surface area contributed by atoms with Crippen LogP contribution in [0.4, 0.5) is 0 Å². The summed E-state index contributed by atoms with van der Waals surface area (Å²) < 4.78 is 72.5. The Bertz CT molecular complexity index is 1140. The van der Waals surface area contributed by atoms with Gasteiger partial charge in [-0.25, -0.2) is 4.57 Å². The first-order valence-corrected chi connectivity index (χ1v) is 7.36. The number of nitrogens with zero attached hydrogens (tertiary/aromatic N) is 1. The summed E-state index contributed by atoms with van der Waals surface area (Å²) in [6, 6.07) is 13.8. The van der Waals surface area contributed by atoms with Gasteiger partial charge < -0.3 is 0 Å². The van der Waals surface area contributed by atoms with Crippen molar-refractivity contribution < 1.29 is 16.9 Å². The van der Waals surface area contributed by atoms with Crippen molar-refractivity contribution >= 4 is 0 Å². The summed E-state index contributed by atoms with van der Waals surface area (Å²) in [6.07, 6.45) is 1.30. The van der Waals surface area contributed by atoms with E-state index in [4.69, 9.17) is 12.3 Å². The summed E-state index contributed by atoms with van der Waals surface area (Å²) in [5.41, 5.74) is 2.65. The fourth-order valence-corrected chi connectivity index (χ4v) is 2.76. The summed E-state index contributed by atoms with van der Waals surface area (Å²) in [5.74, 6) is 0. The maximum absolute atomic E-state index is 8.07. The van der Waals surface area contributed by atoms with Crippen LogP contribution in [-0.4, -0.2) is 0 Å². The lowest BCUT2D eigenvalue weighted by atomic mass is 9.93. The Morgan fingerprint density at radius 2 is 1.48 bits per heavy atom. The average molecular weight is 311 g/mol. The van der Waals surface area contributed by atoms with Crippen LogP contribution >= 0.6 is 0 Å². The lowest BCUT2D eigenvalue weighted by molar-refractivity contribution is -0.660. The van der Waals surface area contributed by atoms with E-state index in [1.165, 1.54) is 16.8 Å². The highest BCUT2D eigenvalue weighted by atomic mass is 14.9. The van der Waals surface area contributed by atoms with Gasteiger partial charge in [0.1, 0.15) is 7.05 Å². The molecule has 0 aliphatic rings. The van der Waals surface area contributed by atoms with E-state index in [1.807, 2.05) is 37.3 Å². The lowest BCUT2D eigenvalue weighted by Gasteiger charge is -2.12. The first-order chi connectivity index (χ1) is 14.6. The molecule has 0 N–H and O–H groups in total. The third-order valence-electron chi connectivity index (χ3n) is 4.00. The third-order valence-corrected chi connectivity index (χ3v) is 4.00. The van der Waals surface area contributed by atoms with E-state index < -0.39 is 20.6 Å². The topological polar surface area (TPSA) is 3.88 Å². The molecular formula is C22H24N+. The Morgan fingerprint density at radius 3 is 2.17 bits per heavy atom. The van der Waals surface area contributed by atoms with Crippen LogP contribution in [0.1, 0.15) is 34.6 Å². The lowest BCUT2D eigenvalue weighted by Crippen LogP contribution is -2.31. The third kappa shape index (κ3) is 2.92. The van der Waals surface area contributed by atoms with E-state index in [2.05, 4.69) is 0 Å². The zero-order valence-electron chi connectivity index (χ0n) is 22.1. The number of aryl methyl sites for hydroxylation is 5. The second-order valence-corrected chi connectivity index (χ2v) is 5.68. The van der Waals surface area contributed by atoms with E-state index in [-0.39, 0.29) is 16.7 Å². The minimum absolute atomic E-state index is 0.139. The first-order valence-electron chi connectivity index (χ1n) is 11.9. The van der Waals surface area contributed by atoms with Gasteiger partial charge in [-0.15, -0.1) is 0 Å². The molecule has 0 saturated carbocycles. The molecule has 0 bridgehead atoms. The van der Waals surface area contributed by atoms with Crippen molar-refractivity contribution in [2.45, 2.75) is 27.5 Å². The number of pyridine rings is 1. The van der Waals surface area contributed by atoms with Crippen molar-refractivity contribution in [1.29, 1.82) is 0 Å². The first kappa shape index (κ1) is 7.92. The van der Waals surface area contributed by atoms with Gasteiger partial charge in [-0.2, -0.15) is 0 Å². The van der Waals surface area contributed by atoms with Gasteiger partial charge in [0, 0.05) is 29.5 Å². The molecular weight excluding hydrogens is 278 g/mol. The molecule has 1 nitrogen and oxygen atoms in total. The average Bonchev–Trinajstić information content (AvgIpc) is 2.66. The number of aromatic nitrogens is 1. The second-order valence-electron chi connectivity index (χ2n) is 5.68. The molecule has 0 fully saturated rings. The molecule has 0 spiro atoms. The van der Waals surface area contributed by atoms with Gasteiger partial charge in [0.2, 0.25) is 5.69 Å². The largest absolute Gasteiger partial charge is 0.212 e. The molecule has 0 aliphatic carbocycles. The van der Waals surface area contributed by atoms with Crippen molar-refractivity contribution in [3.63, 3.8) is 0 Å². The molecule has 0 saturated heterocycles. The molecule has 0 radical (unpaired) electrons. The Hall–Kier alpha value is -2.41. The zero-order valence-corrected chi connectivity index (χ0v) is 13.1. The van der Waals surface area contributed by atoms with Crippen molar-refractivity contribution in [2.75, 3.05) is 0 Å². The van der Waals surface area contributed by atoms with Crippen LogP contribution in [0, 0.1) is 27.5 Å². The predicted molar refractivity (Wildman–Crippen MR) is 97.4 cm³/mol.